The zero-order valence-electron chi connectivity index (χ0n) is 10.6. The molecule has 1 aliphatic heterocycles. The number of benzene rings is 1. The molecule has 0 spiro atoms. The van der Waals surface area contributed by atoms with E-state index >= 15 is 0 Å². The first-order valence-corrected chi connectivity index (χ1v) is 8.10. The maximum Gasteiger partial charge on any atom is 0.153 e. The molecule has 0 atom stereocenters. The second-order valence-corrected chi connectivity index (χ2v) is 7.10. The highest BCUT2D eigenvalue weighted by Crippen LogP contribution is 2.33. The van der Waals surface area contributed by atoms with Gasteiger partial charge in [-0.05, 0) is 12.1 Å². The predicted molar refractivity (Wildman–Crippen MR) is 79.7 cm³/mol. The number of anilines is 1. The number of hydrogen-bond acceptors (Lipinski definition) is 5. The lowest BCUT2D eigenvalue weighted by atomic mass is 10.1. The second-order valence-electron chi connectivity index (χ2n) is 4.36. The van der Waals surface area contributed by atoms with Crippen LogP contribution in [0.3, 0.4) is 0 Å². The molecule has 19 heavy (non-hydrogen) atoms. The Morgan fingerprint density at radius 3 is 2.53 bits per heavy atom. The molecule has 0 aliphatic carbocycles. The number of nitrogens with zero attached hydrogens (tertiary/aromatic N) is 1. The molecular weight excluding hydrogens is 284 g/mol. The predicted octanol–water partition coefficient (Wildman–Crippen LogP) is 0.564. The molecule has 0 bridgehead atoms. The Balaban J connectivity index is 2.41. The monoisotopic (exact) mass is 300 g/mol. The van der Waals surface area contributed by atoms with Gasteiger partial charge >= 0.3 is 0 Å². The molecule has 0 unspecified atom stereocenters. The van der Waals surface area contributed by atoms with Crippen LogP contribution in [0.4, 0.5) is 5.69 Å². The standard InChI is InChI=1S/C12H16N2O3S2/c1-17-10-4-2-3-9(12(13)18)11(10)14-5-7-19(15,16)8-6-14/h2-4H,5-8H2,1H3,(H2,13,18). The molecule has 1 aromatic carbocycles. The van der Waals surface area contributed by atoms with Crippen molar-refractivity contribution in [2.45, 2.75) is 0 Å². The summed E-state index contributed by atoms with van der Waals surface area (Å²) in [6, 6.07) is 5.46. The molecule has 104 valence electrons. The van der Waals surface area contributed by atoms with E-state index in [0.717, 1.165) is 5.69 Å². The lowest BCUT2D eigenvalue weighted by Crippen LogP contribution is -2.41. The Morgan fingerprint density at radius 1 is 1.37 bits per heavy atom. The zero-order valence-corrected chi connectivity index (χ0v) is 12.3. The van der Waals surface area contributed by atoms with Gasteiger partial charge in [0.25, 0.3) is 0 Å². The smallest absolute Gasteiger partial charge is 0.153 e. The van der Waals surface area contributed by atoms with Crippen LogP contribution in [-0.2, 0) is 9.84 Å². The molecule has 0 amide bonds. The van der Waals surface area contributed by atoms with Gasteiger partial charge in [0.1, 0.15) is 10.7 Å². The highest BCUT2D eigenvalue weighted by atomic mass is 32.2. The van der Waals surface area contributed by atoms with Gasteiger partial charge in [0.15, 0.2) is 9.84 Å². The van der Waals surface area contributed by atoms with Crippen molar-refractivity contribution in [2.24, 2.45) is 5.73 Å². The molecule has 1 aromatic rings. The lowest BCUT2D eigenvalue weighted by molar-refractivity contribution is 0.414. The molecule has 0 saturated carbocycles. The summed E-state index contributed by atoms with van der Waals surface area (Å²) < 4.78 is 28.3. The topological polar surface area (TPSA) is 72.6 Å². The van der Waals surface area contributed by atoms with E-state index in [1.807, 2.05) is 23.1 Å². The number of para-hydroxylation sites is 1. The molecule has 0 radical (unpaired) electrons. The van der Waals surface area contributed by atoms with Crippen molar-refractivity contribution in [1.82, 2.24) is 0 Å². The second kappa shape index (κ2) is 5.34. The third-order valence-electron chi connectivity index (χ3n) is 3.15. The van der Waals surface area contributed by atoms with Crippen molar-refractivity contribution >= 4 is 32.7 Å². The van der Waals surface area contributed by atoms with Crippen molar-refractivity contribution < 1.29 is 13.2 Å². The maximum absolute atomic E-state index is 11.5. The van der Waals surface area contributed by atoms with Crippen molar-refractivity contribution in [3.8, 4) is 5.75 Å². The molecule has 2 rings (SSSR count). The number of rotatable bonds is 3. The zero-order chi connectivity index (χ0) is 14.0. The van der Waals surface area contributed by atoms with E-state index in [2.05, 4.69) is 0 Å². The summed E-state index contributed by atoms with van der Waals surface area (Å²) in [6.45, 7) is 0.858. The number of nitrogens with two attached hydrogens (primary N) is 1. The van der Waals surface area contributed by atoms with E-state index < -0.39 is 9.84 Å². The van der Waals surface area contributed by atoms with Crippen LogP contribution in [0, 0.1) is 0 Å². The van der Waals surface area contributed by atoms with Gasteiger partial charge in [0.05, 0.1) is 24.3 Å². The summed E-state index contributed by atoms with van der Waals surface area (Å²) in [5.74, 6) is 0.938. The molecule has 0 aromatic heterocycles. The summed E-state index contributed by atoms with van der Waals surface area (Å²) in [5.41, 5.74) is 7.23. The van der Waals surface area contributed by atoms with E-state index in [4.69, 9.17) is 22.7 Å². The molecule has 7 heteroatoms. The van der Waals surface area contributed by atoms with Gasteiger partial charge < -0.3 is 15.4 Å². The van der Waals surface area contributed by atoms with Crippen LogP contribution in [-0.4, -0.2) is 45.1 Å². The third-order valence-corrected chi connectivity index (χ3v) is 4.97. The minimum Gasteiger partial charge on any atom is -0.495 e. The molecule has 1 aliphatic rings. The summed E-state index contributed by atoms with van der Waals surface area (Å²) in [6.07, 6.45) is 0. The quantitative estimate of drug-likeness (QED) is 0.823. The van der Waals surface area contributed by atoms with E-state index in [0.29, 0.717) is 24.4 Å². The summed E-state index contributed by atoms with van der Waals surface area (Å²) in [7, 11) is -1.35. The Bertz CT molecular complexity index is 585. The number of methoxy groups -OCH3 is 1. The number of hydrogen-bond donors (Lipinski definition) is 1. The van der Waals surface area contributed by atoms with Crippen LogP contribution >= 0.6 is 12.2 Å². The molecule has 2 N–H and O–H groups in total. The minimum absolute atomic E-state index is 0.141. The van der Waals surface area contributed by atoms with Gasteiger partial charge in [0.2, 0.25) is 0 Å². The van der Waals surface area contributed by atoms with Gasteiger partial charge in [-0.25, -0.2) is 8.42 Å². The fourth-order valence-corrected chi connectivity index (χ4v) is 3.51. The minimum atomic E-state index is -2.92. The molecular formula is C12H16N2O3S2. The molecule has 5 nitrogen and oxygen atoms in total. The van der Waals surface area contributed by atoms with Crippen LogP contribution in [0.1, 0.15) is 5.56 Å². The van der Waals surface area contributed by atoms with E-state index in [1.165, 1.54) is 0 Å². The van der Waals surface area contributed by atoms with Crippen LogP contribution < -0.4 is 15.4 Å². The first-order chi connectivity index (χ1) is 8.94. The molecule has 1 fully saturated rings. The largest absolute Gasteiger partial charge is 0.495 e. The van der Waals surface area contributed by atoms with Crippen molar-refractivity contribution in [2.75, 3.05) is 36.6 Å². The Labute approximate surface area is 118 Å². The van der Waals surface area contributed by atoms with Crippen LogP contribution in [0.25, 0.3) is 0 Å². The fourth-order valence-electron chi connectivity index (χ4n) is 2.15. The number of ether oxygens (including phenoxy) is 1. The maximum atomic E-state index is 11.5. The van der Waals surface area contributed by atoms with Crippen molar-refractivity contribution in [1.29, 1.82) is 0 Å². The highest BCUT2D eigenvalue weighted by Gasteiger charge is 2.25. The van der Waals surface area contributed by atoms with Gasteiger partial charge in [0, 0.05) is 18.7 Å². The summed E-state index contributed by atoms with van der Waals surface area (Å²) >= 11 is 5.05. The van der Waals surface area contributed by atoms with E-state index in [1.54, 1.807) is 7.11 Å². The Hall–Kier alpha value is -1.34. The average molecular weight is 300 g/mol. The van der Waals surface area contributed by atoms with Crippen LogP contribution in [0.2, 0.25) is 0 Å². The van der Waals surface area contributed by atoms with Gasteiger partial charge in [-0.15, -0.1) is 0 Å². The van der Waals surface area contributed by atoms with Gasteiger partial charge in [-0.1, -0.05) is 18.3 Å². The Kier molecular flexibility index (Phi) is 3.96. The first kappa shape index (κ1) is 14.1. The van der Waals surface area contributed by atoms with Gasteiger partial charge in [-0.3, -0.25) is 0 Å². The highest BCUT2D eigenvalue weighted by molar-refractivity contribution is 7.91. The number of thiocarbonyl (C=S) groups is 1. The molecule has 1 saturated heterocycles. The first-order valence-electron chi connectivity index (χ1n) is 5.87. The summed E-state index contributed by atoms with van der Waals surface area (Å²) in [5, 5.41) is 0. The normalized spacial score (nSPS) is 18.1. The SMILES string of the molecule is COc1cccc(C(N)=S)c1N1CCS(=O)(=O)CC1. The third kappa shape index (κ3) is 2.98. The fraction of sp³-hybridized carbons (Fsp3) is 0.417. The van der Waals surface area contributed by atoms with Crippen molar-refractivity contribution in [3.63, 3.8) is 0 Å². The van der Waals surface area contributed by atoms with E-state index in [9.17, 15) is 8.42 Å². The summed E-state index contributed by atoms with van der Waals surface area (Å²) in [4.78, 5) is 2.25. The molecule has 1 heterocycles. The lowest BCUT2D eigenvalue weighted by Gasteiger charge is -2.31. The van der Waals surface area contributed by atoms with Crippen molar-refractivity contribution in [3.05, 3.63) is 23.8 Å². The number of sulfone groups is 1. The Morgan fingerprint density at radius 2 is 2.00 bits per heavy atom. The van der Waals surface area contributed by atoms with Crippen LogP contribution in [0.5, 0.6) is 5.75 Å². The van der Waals surface area contributed by atoms with E-state index in [-0.39, 0.29) is 16.5 Å². The van der Waals surface area contributed by atoms with Gasteiger partial charge in [-0.2, -0.15) is 0 Å². The average Bonchev–Trinajstić information content (AvgIpc) is 2.38. The van der Waals surface area contributed by atoms with Crippen LogP contribution in [0.15, 0.2) is 18.2 Å².